The zero-order chi connectivity index (χ0) is 14.7. The summed E-state index contributed by atoms with van der Waals surface area (Å²) >= 11 is 0. The number of nitrogens with one attached hydrogen (secondary N) is 1. The lowest BCUT2D eigenvalue weighted by Crippen LogP contribution is -2.30. The number of nitrogens with zero attached hydrogens (tertiary/aromatic N) is 2. The first kappa shape index (κ1) is 14.3. The predicted octanol–water partition coefficient (Wildman–Crippen LogP) is 2.29. The first-order chi connectivity index (χ1) is 9.49. The summed E-state index contributed by atoms with van der Waals surface area (Å²) in [4.78, 5) is 17.6. The van der Waals surface area contributed by atoms with Gasteiger partial charge in [0.2, 0.25) is 0 Å². The van der Waals surface area contributed by atoms with E-state index in [1.165, 1.54) is 6.20 Å². The summed E-state index contributed by atoms with van der Waals surface area (Å²) in [5.74, 6) is -0.970. The summed E-state index contributed by atoms with van der Waals surface area (Å²) in [6.07, 6.45) is 1.41. The van der Waals surface area contributed by atoms with E-state index >= 15 is 0 Å². The van der Waals surface area contributed by atoms with Crippen LogP contribution in [0.15, 0.2) is 30.5 Å². The van der Waals surface area contributed by atoms with Gasteiger partial charge in [0.15, 0.2) is 0 Å². The quantitative estimate of drug-likeness (QED) is 0.875. The highest BCUT2D eigenvalue weighted by atomic mass is 16.4. The van der Waals surface area contributed by atoms with E-state index in [2.05, 4.69) is 15.2 Å². The Labute approximate surface area is 118 Å². The Morgan fingerprint density at radius 2 is 2.10 bits per heavy atom. The maximum absolute atomic E-state index is 11.4. The largest absolute Gasteiger partial charge is 0.478 e. The van der Waals surface area contributed by atoms with Crippen LogP contribution >= 0.6 is 0 Å². The molecule has 0 fully saturated rings. The molecule has 0 spiro atoms. The van der Waals surface area contributed by atoms with Gasteiger partial charge in [0.1, 0.15) is 5.56 Å². The van der Waals surface area contributed by atoms with Crippen molar-refractivity contribution < 1.29 is 9.90 Å². The van der Waals surface area contributed by atoms with Gasteiger partial charge in [0.25, 0.3) is 0 Å². The van der Waals surface area contributed by atoms with Gasteiger partial charge >= 0.3 is 5.97 Å². The second-order valence-corrected chi connectivity index (χ2v) is 5.18. The molecule has 20 heavy (non-hydrogen) atoms. The minimum atomic E-state index is -0.970. The van der Waals surface area contributed by atoms with E-state index in [9.17, 15) is 9.90 Å². The Kier molecular flexibility index (Phi) is 4.20. The summed E-state index contributed by atoms with van der Waals surface area (Å²) in [6.45, 7) is 2.84. The lowest BCUT2D eigenvalue weighted by Gasteiger charge is -2.21. The van der Waals surface area contributed by atoms with Crippen LogP contribution in [-0.2, 0) is 0 Å². The molecule has 5 nitrogen and oxygen atoms in total. The van der Waals surface area contributed by atoms with Gasteiger partial charge in [-0.1, -0.05) is 18.2 Å². The second-order valence-electron chi connectivity index (χ2n) is 5.18. The fourth-order valence-corrected chi connectivity index (χ4v) is 2.30. The van der Waals surface area contributed by atoms with Crippen molar-refractivity contribution in [2.24, 2.45) is 0 Å². The highest BCUT2D eigenvalue weighted by molar-refractivity contribution is 6.04. The second kappa shape index (κ2) is 5.88. The molecular formula is C15H19N3O2. The molecule has 0 saturated carbocycles. The topological polar surface area (TPSA) is 65.5 Å². The number of benzene rings is 1. The number of aromatic nitrogens is 1. The lowest BCUT2D eigenvalue weighted by atomic mass is 10.1. The monoisotopic (exact) mass is 273 g/mol. The van der Waals surface area contributed by atoms with E-state index in [1.54, 1.807) is 0 Å². The third-order valence-electron chi connectivity index (χ3n) is 3.04. The first-order valence-corrected chi connectivity index (χ1v) is 6.51. The average molecular weight is 273 g/mol. The minimum absolute atomic E-state index is 0.133. The number of fused-ring (bicyclic) bond motifs is 1. The maximum atomic E-state index is 11.4. The molecule has 2 aromatic rings. The Morgan fingerprint density at radius 1 is 1.40 bits per heavy atom. The van der Waals surface area contributed by atoms with E-state index < -0.39 is 5.97 Å². The van der Waals surface area contributed by atoms with Crippen LogP contribution in [0.4, 0.5) is 5.69 Å². The molecule has 0 saturated heterocycles. The highest BCUT2D eigenvalue weighted by Gasteiger charge is 2.16. The number of hydrogen-bond donors (Lipinski definition) is 2. The van der Waals surface area contributed by atoms with Gasteiger partial charge in [-0.15, -0.1) is 0 Å². The van der Waals surface area contributed by atoms with Crippen LogP contribution in [0.25, 0.3) is 10.9 Å². The predicted molar refractivity (Wildman–Crippen MR) is 80.3 cm³/mol. The highest BCUT2D eigenvalue weighted by Crippen LogP contribution is 2.26. The molecule has 0 aliphatic carbocycles. The molecule has 0 bridgehead atoms. The third-order valence-corrected chi connectivity index (χ3v) is 3.04. The van der Waals surface area contributed by atoms with Gasteiger partial charge in [-0.2, -0.15) is 0 Å². The van der Waals surface area contributed by atoms with Crippen molar-refractivity contribution in [2.75, 3.05) is 26.0 Å². The third kappa shape index (κ3) is 3.05. The van der Waals surface area contributed by atoms with Crippen LogP contribution < -0.4 is 5.32 Å². The number of likely N-dealkylation sites (N-methyl/N-ethyl adjacent to an activating group) is 1. The van der Waals surface area contributed by atoms with Crippen molar-refractivity contribution in [3.05, 3.63) is 36.0 Å². The molecule has 2 N–H and O–H groups in total. The van der Waals surface area contributed by atoms with E-state index in [1.807, 2.05) is 45.3 Å². The first-order valence-electron chi connectivity index (χ1n) is 6.51. The molecule has 2 rings (SSSR count). The Hall–Kier alpha value is -2.14. The van der Waals surface area contributed by atoms with Crippen molar-refractivity contribution in [3.63, 3.8) is 0 Å². The van der Waals surface area contributed by atoms with E-state index in [-0.39, 0.29) is 11.6 Å². The average Bonchev–Trinajstić information content (AvgIpc) is 2.37. The number of anilines is 1. The Morgan fingerprint density at radius 3 is 2.75 bits per heavy atom. The van der Waals surface area contributed by atoms with Crippen molar-refractivity contribution >= 4 is 22.6 Å². The molecular weight excluding hydrogens is 254 g/mol. The number of para-hydroxylation sites is 1. The number of carboxylic acids is 1. The summed E-state index contributed by atoms with van der Waals surface area (Å²) in [5.41, 5.74) is 1.63. The normalized spacial score (nSPS) is 12.6. The molecule has 1 aromatic heterocycles. The summed E-state index contributed by atoms with van der Waals surface area (Å²) in [7, 11) is 3.97. The van der Waals surface area contributed by atoms with Crippen molar-refractivity contribution in [3.8, 4) is 0 Å². The van der Waals surface area contributed by atoms with E-state index in [0.29, 0.717) is 5.69 Å². The molecule has 1 heterocycles. The van der Waals surface area contributed by atoms with Crippen LogP contribution in [0, 0.1) is 0 Å². The van der Waals surface area contributed by atoms with Crippen LogP contribution in [0.5, 0.6) is 0 Å². The van der Waals surface area contributed by atoms with Gasteiger partial charge in [-0.05, 0) is 27.1 Å². The van der Waals surface area contributed by atoms with Crippen molar-refractivity contribution in [2.45, 2.75) is 13.0 Å². The van der Waals surface area contributed by atoms with Crippen LogP contribution in [0.1, 0.15) is 17.3 Å². The zero-order valence-corrected chi connectivity index (χ0v) is 11.9. The van der Waals surface area contributed by atoms with Crippen molar-refractivity contribution in [1.29, 1.82) is 0 Å². The fourth-order valence-electron chi connectivity index (χ4n) is 2.30. The molecule has 106 valence electrons. The van der Waals surface area contributed by atoms with Gasteiger partial charge in [-0.25, -0.2) is 4.79 Å². The summed E-state index contributed by atoms with van der Waals surface area (Å²) in [5, 5.41) is 13.5. The van der Waals surface area contributed by atoms with Crippen LogP contribution in [-0.4, -0.2) is 47.6 Å². The molecule has 0 aliphatic rings. The summed E-state index contributed by atoms with van der Waals surface area (Å²) in [6, 6.07) is 7.68. The Balaban J connectivity index is 2.47. The van der Waals surface area contributed by atoms with Gasteiger partial charge in [0.05, 0.1) is 11.2 Å². The minimum Gasteiger partial charge on any atom is -0.478 e. The Bertz CT molecular complexity index is 626. The summed E-state index contributed by atoms with van der Waals surface area (Å²) < 4.78 is 0. The number of aromatic carboxylic acids is 1. The molecule has 1 unspecified atom stereocenters. The van der Waals surface area contributed by atoms with Gasteiger partial charge < -0.3 is 15.3 Å². The van der Waals surface area contributed by atoms with Crippen LogP contribution in [0.3, 0.4) is 0 Å². The number of carbonyl (C=O) groups is 1. The SMILES string of the molecule is CC(CN(C)C)Nc1c(C(=O)O)cnc2ccccc12. The van der Waals surface area contributed by atoms with Gasteiger partial charge in [0, 0.05) is 24.2 Å². The number of hydrogen-bond acceptors (Lipinski definition) is 4. The van der Waals surface area contributed by atoms with E-state index in [0.717, 1.165) is 17.4 Å². The number of pyridine rings is 1. The maximum Gasteiger partial charge on any atom is 0.339 e. The smallest absolute Gasteiger partial charge is 0.339 e. The number of carboxylic acid groups (broad SMARTS) is 1. The molecule has 1 aromatic carbocycles. The number of rotatable bonds is 5. The van der Waals surface area contributed by atoms with Gasteiger partial charge in [-0.3, -0.25) is 4.98 Å². The van der Waals surface area contributed by atoms with Crippen LogP contribution in [0.2, 0.25) is 0 Å². The molecule has 0 amide bonds. The van der Waals surface area contributed by atoms with E-state index in [4.69, 9.17) is 0 Å². The molecule has 1 atom stereocenters. The molecule has 0 radical (unpaired) electrons. The molecule has 0 aliphatic heterocycles. The zero-order valence-electron chi connectivity index (χ0n) is 11.9. The van der Waals surface area contributed by atoms with Crippen molar-refractivity contribution in [1.82, 2.24) is 9.88 Å². The fraction of sp³-hybridized carbons (Fsp3) is 0.333. The molecule has 5 heteroatoms. The standard InChI is InChI=1S/C15H19N3O2/c1-10(9-18(2)3)17-14-11-6-4-5-7-13(11)16-8-12(14)15(19)20/h4-8,10H,9H2,1-3H3,(H,16,17)(H,19,20). The lowest BCUT2D eigenvalue weighted by molar-refractivity contribution is 0.0697.